The molecule has 0 fully saturated rings. The van der Waals surface area contributed by atoms with Gasteiger partial charge in [-0.1, -0.05) is 35.5 Å². The number of hydrogen-bond donors (Lipinski definition) is 0. The lowest BCUT2D eigenvalue weighted by Gasteiger charge is -2.11. The quantitative estimate of drug-likeness (QED) is 0.718. The maximum Gasteiger partial charge on any atom is 0.186 e. The zero-order valence-corrected chi connectivity index (χ0v) is 10.5. The highest BCUT2D eigenvalue weighted by molar-refractivity contribution is 5.51. The minimum atomic E-state index is -1.10. The third-order valence-electron chi connectivity index (χ3n) is 3.54. The molecule has 2 aromatic heterocycles. The van der Waals surface area contributed by atoms with Crippen molar-refractivity contribution in [1.29, 1.82) is 0 Å². The highest BCUT2D eigenvalue weighted by atomic mass is 19.1. The van der Waals surface area contributed by atoms with E-state index in [2.05, 4.69) is 15.2 Å². The molecule has 100 valence electrons. The van der Waals surface area contributed by atoms with Gasteiger partial charge in [0.25, 0.3) is 0 Å². The highest BCUT2D eigenvalue weighted by Gasteiger charge is 2.35. The molecule has 0 spiro atoms. The van der Waals surface area contributed by atoms with Gasteiger partial charge in [-0.3, -0.25) is 0 Å². The second kappa shape index (κ2) is 4.26. The maximum atomic E-state index is 14.1. The van der Waals surface area contributed by atoms with E-state index in [1.165, 1.54) is 12.5 Å². The van der Waals surface area contributed by atoms with Crippen LogP contribution in [0.2, 0.25) is 0 Å². The van der Waals surface area contributed by atoms with Crippen LogP contribution in [0.1, 0.15) is 30.0 Å². The van der Waals surface area contributed by atoms with Crippen LogP contribution in [0.3, 0.4) is 0 Å². The van der Waals surface area contributed by atoms with Crippen molar-refractivity contribution >= 4 is 0 Å². The van der Waals surface area contributed by atoms with Crippen molar-refractivity contribution in [2.24, 2.45) is 0 Å². The fourth-order valence-corrected chi connectivity index (χ4v) is 2.57. The maximum absolute atomic E-state index is 14.1. The van der Waals surface area contributed by atoms with Gasteiger partial charge in [-0.05, 0) is 5.56 Å². The molecule has 4 rings (SSSR count). The molecule has 5 nitrogen and oxygen atoms in total. The average Bonchev–Trinajstić information content (AvgIpc) is 3.17. The first-order valence-corrected chi connectivity index (χ1v) is 6.38. The van der Waals surface area contributed by atoms with E-state index in [0.29, 0.717) is 23.6 Å². The Labute approximate surface area is 114 Å². The summed E-state index contributed by atoms with van der Waals surface area (Å²) in [7, 11) is 0. The fraction of sp³-hybridized carbons (Fsp3) is 0.214. The van der Waals surface area contributed by atoms with E-state index in [0.717, 1.165) is 5.56 Å². The Morgan fingerprint density at radius 3 is 2.85 bits per heavy atom. The van der Waals surface area contributed by atoms with Crippen LogP contribution in [0.15, 0.2) is 47.3 Å². The lowest BCUT2D eigenvalue weighted by molar-refractivity contribution is 0.329. The second-order valence-electron chi connectivity index (χ2n) is 4.78. The summed E-state index contributed by atoms with van der Waals surface area (Å²) >= 11 is 0. The van der Waals surface area contributed by atoms with Crippen molar-refractivity contribution in [2.75, 3.05) is 0 Å². The molecule has 6 heteroatoms. The van der Waals surface area contributed by atoms with E-state index in [1.54, 1.807) is 4.68 Å². The van der Waals surface area contributed by atoms with Gasteiger partial charge >= 0.3 is 0 Å². The first kappa shape index (κ1) is 11.3. The Bertz CT molecular complexity index is 723. The molecular weight excluding hydrogens is 259 g/mol. The van der Waals surface area contributed by atoms with Crippen LogP contribution in [0, 0.1) is 0 Å². The summed E-state index contributed by atoms with van der Waals surface area (Å²) < 4.78 is 20.6. The van der Waals surface area contributed by atoms with Crippen molar-refractivity contribution in [3.63, 3.8) is 0 Å². The van der Waals surface area contributed by atoms with Gasteiger partial charge in [-0.15, -0.1) is 5.10 Å². The Kier molecular flexibility index (Phi) is 2.42. The monoisotopic (exact) mass is 270 g/mol. The summed E-state index contributed by atoms with van der Waals surface area (Å²) in [5.41, 5.74) is 1.70. The van der Waals surface area contributed by atoms with Crippen LogP contribution < -0.4 is 0 Å². The predicted octanol–water partition coefficient (Wildman–Crippen LogP) is 2.94. The Morgan fingerprint density at radius 1 is 1.25 bits per heavy atom. The molecule has 0 amide bonds. The SMILES string of the molecule is F[C@H]1C[C@@H](c2ccccc2)n2nc(-c3cnoc3)nc21. The molecule has 3 aromatic rings. The molecule has 20 heavy (non-hydrogen) atoms. The highest BCUT2D eigenvalue weighted by Crippen LogP contribution is 2.40. The van der Waals surface area contributed by atoms with E-state index < -0.39 is 6.17 Å². The topological polar surface area (TPSA) is 56.7 Å². The molecule has 0 unspecified atom stereocenters. The average molecular weight is 270 g/mol. The van der Waals surface area contributed by atoms with E-state index in [1.807, 2.05) is 30.3 Å². The Morgan fingerprint density at radius 2 is 2.10 bits per heavy atom. The van der Waals surface area contributed by atoms with E-state index in [4.69, 9.17) is 4.52 Å². The van der Waals surface area contributed by atoms with Crippen molar-refractivity contribution in [3.8, 4) is 11.4 Å². The van der Waals surface area contributed by atoms with Gasteiger partial charge < -0.3 is 4.52 Å². The molecule has 0 aliphatic carbocycles. The van der Waals surface area contributed by atoms with Gasteiger partial charge in [0.2, 0.25) is 0 Å². The third-order valence-corrected chi connectivity index (χ3v) is 3.54. The van der Waals surface area contributed by atoms with Crippen LogP contribution in [0.5, 0.6) is 0 Å². The van der Waals surface area contributed by atoms with Gasteiger partial charge in [-0.25, -0.2) is 14.1 Å². The Balaban J connectivity index is 1.79. The first-order chi connectivity index (χ1) is 9.83. The van der Waals surface area contributed by atoms with Crippen molar-refractivity contribution in [3.05, 3.63) is 54.2 Å². The molecule has 0 N–H and O–H groups in total. The van der Waals surface area contributed by atoms with Crippen LogP contribution >= 0.6 is 0 Å². The number of rotatable bonds is 2. The minimum absolute atomic E-state index is 0.109. The number of halogens is 1. The summed E-state index contributed by atoms with van der Waals surface area (Å²) in [6.07, 6.45) is 2.26. The van der Waals surface area contributed by atoms with Crippen LogP contribution in [-0.2, 0) is 0 Å². The summed E-state index contributed by atoms with van der Waals surface area (Å²) in [5, 5.41) is 8.03. The predicted molar refractivity (Wildman–Crippen MR) is 68.6 cm³/mol. The van der Waals surface area contributed by atoms with Crippen LogP contribution in [0.4, 0.5) is 4.39 Å². The minimum Gasteiger partial charge on any atom is -0.364 e. The number of hydrogen-bond acceptors (Lipinski definition) is 4. The van der Waals surface area contributed by atoms with E-state index >= 15 is 0 Å². The number of benzene rings is 1. The summed E-state index contributed by atoms with van der Waals surface area (Å²) in [6, 6.07) is 9.68. The number of aromatic nitrogens is 4. The molecule has 2 atom stereocenters. The number of nitrogens with zero attached hydrogens (tertiary/aromatic N) is 4. The molecule has 1 aliphatic heterocycles. The second-order valence-corrected chi connectivity index (χ2v) is 4.78. The summed E-state index contributed by atoms with van der Waals surface area (Å²) in [4.78, 5) is 4.27. The van der Waals surface area contributed by atoms with Gasteiger partial charge in [0.1, 0.15) is 6.26 Å². The summed E-state index contributed by atoms with van der Waals surface area (Å²) in [5.74, 6) is 0.819. The molecule has 0 saturated carbocycles. The summed E-state index contributed by atoms with van der Waals surface area (Å²) in [6.45, 7) is 0. The molecule has 1 aliphatic rings. The molecule has 3 heterocycles. The van der Waals surface area contributed by atoms with Crippen molar-refractivity contribution in [1.82, 2.24) is 19.9 Å². The van der Waals surface area contributed by atoms with E-state index in [9.17, 15) is 4.39 Å². The molecule has 0 radical (unpaired) electrons. The number of fused-ring (bicyclic) bond motifs is 1. The Hall–Kier alpha value is -2.50. The molecular formula is C14H11FN4O. The van der Waals surface area contributed by atoms with Crippen molar-refractivity contribution < 1.29 is 8.91 Å². The lowest BCUT2D eigenvalue weighted by atomic mass is 10.0. The van der Waals surface area contributed by atoms with Crippen LogP contribution in [-0.4, -0.2) is 19.9 Å². The van der Waals surface area contributed by atoms with E-state index in [-0.39, 0.29) is 6.04 Å². The normalized spacial score (nSPS) is 21.1. The lowest BCUT2D eigenvalue weighted by Crippen LogP contribution is -2.07. The van der Waals surface area contributed by atoms with Gasteiger partial charge in [-0.2, -0.15) is 0 Å². The third kappa shape index (κ3) is 1.65. The van der Waals surface area contributed by atoms with Crippen LogP contribution in [0.25, 0.3) is 11.4 Å². The molecule has 1 aromatic carbocycles. The standard InChI is InChI=1S/C14H11FN4O/c15-11-6-12(9-4-2-1-3-5-9)19-14(11)17-13(18-19)10-7-16-20-8-10/h1-5,7-8,11-12H,6H2/t11-,12-/m0/s1. The first-order valence-electron chi connectivity index (χ1n) is 6.38. The van der Waals surface area contributed by atoms with Gasteiger partial charge in [0, 0.05) is 6.42 Å². The number of alkyl halides is 1. The largest absolute Gasteiger partial charge is 0.364 e. The molecule has 0 bridgehead atoms. The van der Waals surface area contributed by atoms with Crippen molar-refractivity contribution in [2.45, 2.75) is 18.6 Å². The van der Waals surface area contributed by atoms with Gasteiger partial charge in [0.15, 0.2) is 17.8 Å². The zero-order valence-electron chi connectivity index (χ0n) is 10.5. The smallest absolute Gasteiger partial charge is 0.186 e. The zero-order chi connectivity index (χ0) is 13.5. The molecule has 0 saturated heterocycles. The fourth-order valence-electron chi connectivity index (χ4n) is 2.57. The van der Waals surface area contributed by atoms with Gasteiger partial charge in [0.05, 0.1) is 17.8 Å².